The number of hydrogen-bond donors (Lipinski definition) is 0. The lowest BCUT2D eigenvalue weighted by Crippen LogP contribution is -2.17. The molecule has 9 rings (SSSR count). The van der Waals surface area contributed by atoms with Crippen LogP contribution in [0.3, 0.4) is 0 Å². The lowest BCUT2D eigenvalue weighted by Gasteiger charge is -2.29. The number of benzene rings is 7. The van der Waals surface area contributed by atoms with Gasteiger partial charge in [-0.05, 0) is 74.5 Å². The standard InChI is InChI=1S/C47H39NO/c1-46(2,3)31-24-26-38-40(28-31)47(4,5)39-20-13-19-37(45(38)39)34-17-8-10-21-42(34)48(41-22-12-15-30-14-6-7-16-33(30)41)32-25-27-36-35-18-9-11-23-43(35)49-44(36)29-32/h6-29H,1-5H3. The van der Waals surface area contributed by atoms with Gasteiger partial charge in [-0.1, -0.05) is 144 Å². The first-order chi connectivity index (χ1) is 23.7. The Morgan fingerprint density at radius 1 is 0.510 bits per heavy atom. The van der Waals surface area contributed by atoms with Crippen LogP contribution in [0.25, 0.3) is 55.0 Å². The second-order valence-corrected chi connectivity index (χ2v) is 15.0. The Bertz CT molecular complexity index is 2570. The number of anilines is 3. The Morgan fingerprint density at radius 2 is 1.18 bits per heavy atom. The molecule has 238 valence electrons. The van der Waals surface area contributed by atoms with E-state index in [1.807, 2.05) is 12.1 Å². The molecule has 0 amide bonds. The van der Waals surface area contributed by atoms with Crippen LogP contribution in [0.5, 0.6) is 0 Å². The fourth-order valence-corrected chi connectivity index (χ4v) is 8.04. The molecule has 2 nitrogen and oxygen atoms in total. The molecule has 1 aromatic heterocycles. The first kappa shape index (κ1) is 29.5. The summed E-state index contributed by atoms with van der Waals surface area (Å²) in [6.45, 7) is 11.7. The first-order valence-electron chi connectivity index (χ1n) is 17.3. The van der Waals surface area contributed by atoms with Gasteiger partial charge in [-0.2, -0.15) is 0 Å². The highest BCUT2D eigenvalue weighted by atomic mass is 16.3. The maximum Gasteiger partial charge on any atom is 0.137 e. The topological polar surface area (TPSA) is 16.4 Å². The van der Waals surface area contributed by atoms with E-state index >= 15 is 0 Å². The van der Waals surface area contributed by atoms with E-state index in [1.165, 1.54) is 49.7 Å². The summed E-state index contributed by atoms with van der Waals surface area (Å²) in [5.41, 5.74) is 14.3. The molecule has 1 aliphatic rings. The van der Waals surface area contributed by atoms with Crippen LogP contribution >= 0.6 is 0 Å². The van der Waals surface area contributed by atoms with E-state index in [1.54, 1.807) is 0 Å². The number of nitrogens with zero attached hydrogens (tertiary/aromatic N) is 1. The summed E-state index contributed by atoms with van der Waals surface area (Å²) in [4.78, 5) is 2.42. The molecule has 0 unspecified atom stereocenters. The zero-order valence-electron chi connectivity index (χ0n) is 28.7. The van der Waals surface area contributed by atoms with Gasteiger partial charge in [0.25, 0.3) is 0 Å². The van der Waals surface area contributed by atoms with E-state index in [9.17, 15) is 0 Å². The van der Waals surface area contributed by atoms with Crippen molar-refractivity contribution in [2.24, 2.45) is 0 Å². The van der Waals surface area contributed by atoms with E-state index < -0.39 is 0 Å². The van der Waals surface area contributed by atoms with Crippen molar-refractivity contribution in [3.63, 3.8) is 0 Å². The summed E-state index contributed by atoms with van der Waals surface area (Å²) < 4.78 is 6.45. The maximum absolute atomic E-state index is 6.45. The van der Waals surface area contributed by atoms with Crippen LogP contribution in [0.4, 0.5) is 17.1 Å². The molecule has 0 radical (unpaired) electrons. The largest absolute Gasteiger partial charge is 0.456 e. The van der Waals surface area contributed by atoms with Crippen molar-refractivity contribution in [3.8, 4) is 22.3 Å². The maximum atomic E-state index is 6.45. The molecular weight excluding hydrogens is 595 g/mol. The summed E-state index contributed by atoms with van der Waals surface area (Å²) in [6, 6.07) is 53.1. The summed E-state index contributed by atoms with van der Waals surface area (Å²) in [6.07, 6.45) is 0. The first-order valence-corrected chi connectivity index (χ1v) is 17.3. The van der Waals surface area contributed by atoms with Gasteiger partial charge in [0.2, 0.25) is 0 Å². The van der Waals surface area contributed by atoms with Crippen LogP contribution in [0, 0.1) is 0 Å². The van der Waals surface area contributed by atoms with Crippen molar-refractivity contribution in [1.29, 1.82) is 0 Å². The predicted molar refractivity (Wildman–Crippen MR) is 208 cm³/mol. The Kier molecular flexibility index (Phi) is 6.45. The highest BCUT2D eigenvalue weighted by Crippen LogP contribution is 2.54. The van der Waals surface area contributed by atoms with Crippen molar-refractivity contribution in [1.82, 2.24) is 0 Å². The SMILES string of the molecule is CC(C)(C)c1ccc2c(c1)C(C)(C)c1cccc(-c3ccccc3N(c3ccc4c(c3)oc3ccccc34)c3cccc4ccccc34)c1-2. The summed E-state index contributed by atoms with van der Waals surface area (Å²) in [5, 5.41) is 4.67. The average molecular weight is 634 g/mol. The zero-order chi connectivity index (χ0) is 33.5. The Balaban J connectivity index is 1.31. The van der Waals surface area contributed by atoms with Gasteiger partial charge in [0, 0.05) is 38.9 Å². The third-order valence-corrected chi connectivity index (χ3v) is 10.6. The van der Waals surface area contributed by atoms with Crippen molar-refractivity contribution >= 4 is 49.8 Å². The Morgan fingerprint density at radius 3 is 2.04 bits per heavy atom. The zero-order valence-corrected chi connectivity index (χ0v) is 28.7. The molecule has 49 heavy (non-hydrogen) atoms. The monoisotopic (exact) mass is 633 g/mol. The van der Waals surface area contributed by atoms with E-state index in [-0.39, 0.29) is 10.8 Å². The third-order valence-electron chi connectivity index (χ3n) is 10.6. The quantitative estimate of drug-likeness (QED) is 0.192. The number of rotatable bonds is 4. The van der Waals surface area contributed by atoms with Gasteiger partial charge in [-0.25, -0.2) is 0 Å². The lowest BCUT2D eigenvalue weighted by molar-refractivity contribution is 0.584. The Hall–Kier alpha value is -5.60. The van der Waals surface area contributed by atoms with Crippen LogP contribution in [-0.4, -0.2) is 0 Å². The third kappa shape index (κ3) is 4.54. The molecule has 2 heteroatoms. The highest BCUT2D eigenvalue weighted by Gasteiger charge is 2.38. The number of furan rings is 1. The van der Waals surface area contributed by atoms with Gasteiger partial charge in [-0.15, -0.1) is 0 Å². The van der Waals surface area contributed by atoms with Gasteiger partial charge in [0.1, 0.15) is 11.2 Å². The van der Waals surface area contributed by atoms with E-state index in [0.717, 1.165) is 39.0 Å². The molecule has 1 aliphatic carbocycles. The van der Waals surface area contributed by atoms with Crippen LogP contribution in [-0.2, 0) is 10.8 Å². The van der Waals surface area contributed by atoms with Crippen molar-refractivity contribution in [2.45, 2.75) is 45.4 Å². The van der Waals surface area contributed by atoms with Crippen molar-refractivity contribution < 1.29 is 4.42 Å². The fourth-order valence-electron chi connectivity index (χ4n) is 8.04. The van der Waals surface area contributed by atoms with Gasteiger partial charge < -0.3 is 9.32 Å². The van der Waals surface area contributed by atoms with Gasteiger partial charge in [-0.3, -0.25) is 0 Å². The van der Waals surface area contributed by atoms with Gasteiger partial charge in [0.15, 0.2) is 0 Å². The molecule has 0 saturated heterocycles. The number of fused-ring (bicyclic) bond motifs is 7. The molecule has 8 aromatic rings. The van der Waals surface area contributed by atoms with Crippen molar-refractivity contribution in [3.05, 3.63) is 162 Å². The second kappa shape index (κ2) is 10.7. The molecule has 0 fully saturated rings. The molecule has 0 saturated carbocycles. The molecule has 0 spiro atoms. The smallest absolute Gasteiger partial charge is 0.137 e. The molecule has 0 bridgehead atoms. The number of para-hydroxylation sites is 2. The lowest BCUT2D eigenvalue weighted by atomic mass is 9.79. The Labute approximate surface area is 288 Å². The highest BCUT2D eigenvalue weighted by molar-refractivity contribution is 6.08. The minimum Gasteiger partial charge on any atom is -0.456 e. The van der Waals surface area contributed by atoms with E-state index in [0.29, 0.717) is 0 Å². The minimum atomic E-state index is -0.113. The normalized spacial score (nSPS) is 13.6. The average Bonchev–Trinajstić information content (AvgIpc) is 3.60. The molecular formula is C47H39NO. The molecule has 0 N–H and O–H groups in total. The molecule has 0 atom stereocenters. The summed E-state index contributed by atoms with van der Waals surface area (Å²) in [7, 11) is 0. The van der Waals surface area contributed by atoms with E-state index in [4.69, 9.17) is 4.42 Å². The second-order valence-electron chi connectivity index (χ2n) is 15.0. The predicted octanol–water partition coefficient (Wildman–Crippen LogP) is 13.5. The van der Waals surface area contributed by atoms with Crippen LogP contribution < -0.4 is 4.90 Å². The number of hydrogen-bond acceptors (Lipinski definition) is 2. The van der Waals surface area contributed by atoms with Crippen LogP contribution in [0.1, 0.15) is 51.3 Å². The van der Waals surface area contributed by atoms with Crippen molar-refractivity contribution in [2.75, 3.05) is 4.90 Å². The molecule has 1 heterocycles. The van der Waals surface area contributed by atoms with Gasteiger partial charge >= 0.3 is 0 Å². The molecule has 7 aromatic carbocycles. The van der Waals surface area contributed by atoms with E-state index in [2.05, 4.69) is 173 Å². The summed E-state index contributed by atoms with van der Waals surface area (Å²) in [5.74, 6) is 0. The van der Waals surface area contributed by atoms with Gasteiger partial charge in [0.05, 0.1) is 11.4 Å². The fraction of sp³-hybridized carbons (Fsp3) is 0.149. The van der Waals surface area contributed by atoms with Crippen LogP contribution in [0.2, 0.25) is 0 Å². The minimum absolute atomic E-state index is 0.0786. The summed E-state index contributed by atoms with van der Waals surface area (Å²) >= 11 is 0. The van der Waals surface area contributed by atoms with Crippen LogP contribution in [0.15, 0.2) is 150 Å². The molecule has 0 aliphatic heterocycles.